The first kappa shape index (κ1) is 10.4. The molecule has 0 unspecified atom stereocenters. The highest BCUT2D eigenvalue weighted by atomic mass is 35.5. The largest absolute Gasteiger partial charge is 0.465 e. The zero-order valence-corrected chi connectivity index (χ0v) is 8.04. The standard InChI is InChI=1S/C9H6ClNO3/c1-14-9(13)6-2-3-7(10)8(4-6)11-5-12/h2-4H,1H3. The molecule has 0 radical (unpaired) electrons. The van der Waals surface area contributed by atoms with Crippen LogP contribution in [0, 0.1) is 0 Å². The SMILES string of the molecule is COC(=O)c1ccc(Cl)c(N=C=O)c1. The van der Waals surface area contributed by atoms with Gasteiger partial charge in [-0.2, -0.15) is 4.99 Å². The number of benzene rings is 1. The van der Waals surface area contributed by atoms with E-state index in [2.05, 4.69) is 9.73 Å². The van der Waals surface area contributed by atoms with Gasteiger partial charge in [-0.3, -0.25) is 0 Å². The Morgan fingerprint density at radius 3 is 2.86 bits per heavy atom. The molecule has 0 heterocycles. The van der Waals surface area contributed by atoms with E-state index >= 15 is 0 Å². The molecule has 0 atom stereocenters. The van der Waals surface area contributed by atoms with Crippen molar-refractivity contribution in [2.45, 2.75) is 0 Å². The summed E-state index contributed by atoms with van der Waals surface area (Å²) >= 11 is 5.70. The van der Waals surface area contributed by atoms with E-state index in [-0.39, 0.29) is 16.3 Å². The van der Waals surface area contributed by atoms with Crippen molar-refractivity contribution in [3.8, 4) is 0 Å². The molecule has 0 aromatic heterocycles. The molecule has 0 saturated heterocycles. The molecule has 1 aromatic carbocycles. The highest BCUT2D eigenvalue weighted by molar-refractivity contribution is 6.33. The van der Waals surface area contributed by atoms with Gasteiger partial charge in [0, 0.05) is 0 Å². The van der Waals surface area contributed by atoms with Gasteiger partial charge in [-0.25, -0.2) is 9.59 Å². The minimum atomic E-state index is -0.510. The lowest BCUT2D eigenvalue weighted by Crippen LogP contribution is -2.00. The summed E-state index contributed by atoms with van der Waals surface area (Å²) in [6.07, 6.45) is 1.35. The minimum Gasteiger partial charge on any atom is -0.465 e. The fourth-order valence-corrected chi connectivity index (χ4v) is 1.05. The Kier molecular flexibility index (Phi) is 3.40. The lowest BCUT2D eigenvalue weighted by atomic mass is 10.2. The molecule has 4 nitrogen and oxygen atoms in total. The summed E-state index contributed by atoms with van der Waals surface area (Å²) in [5.41, 5.74) is 0.482. The van der Waals surface area contributed by atoms with E-state index in [1.54, 1.807) is 0 Å². The van der Waals surface area contributed by atoms with Crippen LogP contribution in [0.2, 0.25) is 5.02 Å². The van der Waals surface area contributed by atoms with E-state index in [4.69, 9.17) is 11.6 Å². The average Bonchev–Trinajstić information content (AvgIpc) is 2.20. The number of esters is 1. The fourth-order valence-electron chi connectivity index (χ4n) is 0.892. The van der Waals surface area contributed by atoms with Crippen LogP contribution < -0.4 is 0 Å². The zero-order valence-electron chi connectivity index (χ0n) is 7.28. The molecule has 1 aromatic rings. The number of ether oxygens (including phenoxy) is 1. The average molecular weight is 212 g/mol. The second-order valence-electron chi connectivity index (χ2n) is 2.36. The van der Waals surface area contributed by atoms with E-state index in [0.29, 0.717) is 0 Å². The molecule has 72 valence electrons. The second-order valence-corrected chi connectivity index (χ2v) is 2.77. The minimum absolute atomic E-state index is 0.199. The molecule has 5 heteroatoms. The van der Waals surface area contributed by atoms with Crippen molar-refractivity contribution in [2.75, 3.05) is 7.11 Å². The van der Waals surface area contributed by atoms with E-state index in [1.165, 1.54) is 31.4 Å². The van der Waals surface area contributed by atoms with E-state index in [0.717, 1.165) is 0 Å². The third-order valence-corrected chi connectivity index (χ3v) is 1.85. The molecule has 0 bridgehead atoms. The summed E-state index contributed by atoms with van der Waals surface area (Å²) in [5.74, 6) is -0.510. The van der Waals surface area contributed by atoms with Gasteiger partial charge in [0.15, 0.2) is 0 Å². The Morgan fingerprint density at radius 2 is 2.29 bits per heavy atom. The molecule has 14 heavy (non-hydrogen) atoms. The normalized spacial score (nSPS) is 9.00. The Hall–Kier alpha value is -1.64. The molecule has 0 spiro atoms. The van der Waals surface area contributed by atoms with Gasteiger partial charge in [-0.05, 0) is 18.2 Å². The predicted molar refractivity (Wildman–Crippen MR) is 50.6 cm³/mol. The molecule has 0 aliphatic rings. The third-order valence-electron chi connectivity index (χ3n) is 1.53. The van der Waals surface area contributed by atoms with Crippen molar-refractivity contribution in [1.29, 1.82) is 0 Å². The Balaban J connectivity index is 3.18. The summed E-state index contributed by atoms with van der Waals surface area (Å²) in [4.78, 5) is 24.4. The first-order chi connectivity index (χ1) is 6.69. The highest BCUT2D eigenvalue weighted by Gasteiger charge is 2.07. The van der Waals surface area contributed by atoms with Gasteiger partial charge < -0.3 is 4.74 Å². The Labute approximate surface area is 85.2 Å². The van der Waals surface area contributed by atoms with Crippen molar-refractivity contribution in [1.82, 2.24) is 0 Å². The van der Waals surface area contributed by atoms with Crippen LogP contribution >= 0.6 is 11.6 Å². The zero-order chi connectivity index (χ0) is 10.6. The Morgan fingerprint density at radius 1 is 1.57 bits per heavy atom. The number of methoxy groups -OCH3 is 1. The summed E-state index contributed by atoms with van der Waals surface area (Å²) in [5, 5.41) is 0.279. The first-order valence-corrected chi connectivity index (χ1v) is 4.02. The molecule has 0 N–H and O–H groups in total. The van der Waals surface area contributed by atoms with Gasteiger partial charge in [-0.15, -0.1) is 0 Å². The number of carbonyl (C=O) groups excluding carboxylic acids is 2. The van der Waals surface area contributed by atoms with Gasteiger partial charge in [0.2, 0.25) is 6.08 Å². The van der Waals surface area contributed by atoms with Crippen molar-refractivity contribution in [3.05, 3.63) is 28.8 Å². The molecule has 0 saturated carbocycles. The maximum absolute atomic E-state index is 11.1. The molecule has 0 aliphatic heterocycles. The van der Waals surface area contributed by atoms with E-state index < -0.39 is 5.97 Å². The van der Waals surface area contributed by atoms with Crippen molar-refractivity contribution < 1.29 is 14.3 Å². The topological polar surface area (TPSA) is 55.7 Å². The smallest absolute Gasteiger partial charge is 0.337 e. The number of isocyanates is 1. The monoisotopic (exact) mass is 211 g/mol. The number of carbonyl (C=O) groups is 1. The number of halogens is 1. The summed E-state index contributed by atoms with van der Waals surface area (Å²) in [6.45, 7) is 0. The summed E-state index contributed by atoms with van der Waals surface area (Å²) < 4.78 is 4.49. The number of hydrogen-bond acceptors (Lipinski definition) is 4. The molecule has 1 rings (SSSR count). The Bertz CT molecular complexity index is 411. The van der Waals surface area contributed by atoms with Crippen molar-refractivity contribution >= 4 is 29.3 Å². The maximum atomic E-state index is 11.1. The van der Waals surface area contributed by atoms with Crippen LogP contribution in [0.15, 0.2) is 23.2 Å². The lowest BCUT2D eigenvalue weighted by molar-refractivity contribution is 0.0601. The van der Waals surface area contributed by atoms with Crippen LogP contribution in [0.25, 0.3) is 0 Å². The second kappa shape index (κ2) is 4.56. The number of nitrogens with zero attached hydrogens (tertiary/aromatic N) is 1. The first-order valence-electron chi connectivity index (χ1n) is 3.64. The van der Waals surface area contributed by atoms with Crippen LogP contribution in [0.4, 0.5) is 5.69 Å². The predicted octanol–water partition coefficient (Wildman–Crippen LogP) is 2.09. The van der Waals surface area contributed by atoms with E-state index in [1.807, 2.05) is 0 Å². The molecule has 0 amide bonds. The van der Waals surface area contributed by atoms with Gasteiger partial charge in [0.1, 0.15) is 0 Å². The lowest BCUT2D eigenvalue weighted by Gasteiger charge is -2.00. The summed E-state index contributed by atoms with van der Waals surface area (Å²) in [6, 6.07) is 4.31. The maximum Gasteiger partial charge on any atom is 0.337 e. The number of hydrogen-bond donors (Lipinski definition) is 0. The van der Waals surface area contributed by atoms with Gasteiger partial charge in [0.05, 0.1) is 23.4 Å². The van der Waals surface area contributed by atoms with Crippen molar-refractivity contribution in [2.24, 2.45) is 4.99 Å². The van der Waals surface area contributed by atoms with Crippen LogP contribution in [-0.4, -0.2) is 19.2 Å². The third kappa shape index (κ3) is 2.19. The van der Waals surface area contributed by atoms with Crippen LogP contribution in [0.3, 0.4) is 0 Å². The number of rotatable bonds is 2. The molecule has 0 fully saturated rings. The number of aliphatic imine (C=N–C) groups is 1. The van der Waals surface area contributed by atoms with E-state index in [9.17, 15) is 9.59 Å². The summed E-state index contributed by atoms with van der Waals surface area (Å²) in [7, 11) is 1.26. The van der Waals surface area contributed by atoms with Gasteiger partial charge >= 0.3 is 5.97 Å². The quantitative estimate of drug-likeness (QED) is 0.428. The van der Waals surface area contributed by atoms with Crippen LogP contribution in [0.5, 0.6) is 0 Å². The molecular formula is C9H6ClNO3. The van der Waals surface area contributed by atoms with Gasteiger partial charge in [-0.1, -0.05) is 11.6 Å². The van der Waals surface area contributed by atoms with Crippen molar-refractivity contribution in [3.63, 3.8) is 0 Å². The molecule has 0 aliphatic carbocycles. The van der Waals surface area contributed by atoms with Crippen LogP contribution in [-0.2, 0) is 9.53 Å². The van der Waals surface area contributed by atoms with Crippen LogP contribution in [0.1, 0.15) is 10.4 Å². The molecular weight excluding hydrogens is 206 g/mol. The fraction of sp³-hybridized carbons (Fsp3) is 0.111. The highest BCUT2D eigenvalue weighted by Crippen LogP contribution is 2.25. The van der Waals surface area contributed by atoms with Gasteiger partial charge in [0.25, 0.3) is 0 Å².